The van der Waals surface area contributed by atoms with Crippen LogP contribution in [0.15, 0.2) is 24.3 Å². The highest BCUT2D eigenvalue weighted by molar-refractivity contribution is 6.30. The number of benzene rings is 1. The van der Waals surface area contributed by atoms with E-state index in [-0.39, 0.29) is 16.7 Å². The largest absolute Gasteiger partial charge is 0.336 e. The fourth-order valence-corrected chi connectivity index (χ4v) is 2.19. The summed E-state index contributed by atoms with van der Waals surface area (Å²) in [4.78, 5) is 19.9. The zero-order chi connectivity index (χ0) is 17.0. The number of aromatic amines is 1. The van der Waals surface area contributed by atoms with Gasteiger partial charge < -0.3 is 10.4 Å². The minimum Gasteiger partial charge on any atom is -0.336 e. The van der Waals surface area contributed by atoms with Gasteiger partial charge in [0.25, 0.3) is 0 Å². The van der Waals surface area contributed by atoms with Crippen LogP contribution in [-0.2, 0) is 0 Å². The molecule has 0 aliphatic rings. The van der Waals surface area contributed by atoms with E-state index in [2.05, 4.69) is 9.97 Å². The second-order valence-corrected chi connectivity index (χ2v) is 5.58. The average Bonchev–Trinajstić information content (AvgIpc) is 2.98. The molecule has 4 nitrogen and oxygen atoms in total. The number of hydrogen-bond acceptors (Lipinski definition) is 3. The first kappa shape index (κ1) is 17.1. The van der Waals surface area contributed by atoms with Crippen LogP contribution < -0.4 is 0 Å². The van der Waals surface area contributed by atoms with Crippen molar-refractivity contribution in [3.8, 4) is 11.3 Å². The van der Waals surface area contributed by atoms with Crippen LogP contribution in [0.3, 0.4) is 0 Å². The Morgan fingerprint density at radius 3 is 2.87 bits per heavy atom. The van der Waals surface area contributed by atoms with Crippen LogP contribution in [0.25, 0.3) is 17.3 Å². The second-order valence-electron chi connectivity index (χ2n) is 5.17. The van der Waals surface area contributed by atoms with Crippen LogP contribution in [0.4, 0.5) is 4.39 Å². The average molecular weight is 334 g/mol. The number of halogens is 2. The van der Waals surface area contributed by atoms with Crippen molar-refractivity contribution in [1.82, 2.24) is 9.97 Å². The topological polar surface area (TPSA) is 69.6 Å². The molecule has 6 heteroatoms. The van der Waals surface area contributed by atoms with Crippen molar-refractivity contribution in [2.24, 2.45) is 5.92 Å². The molecule has 1 heterocycles. The van der Waals surface area contributed by atoms with Gasteiger partial charge in [-0.25, -0.2) is 9.37 Å². The summed E-state index contributed by atoms with van der Waals surface area (Å²) in [6.07, 6.45) is 4.87. The molecule has 1 unspecified atom stereocenters. The van der Waals surface area contributed by atoms with Gasteiger partial charge in [0.2, 0.25) is 0 Å². The smallest absolute Gasteiger partial charge is 0.184 e. The molecule has 2 aromatic rings. The minimum absolute atomic E-state index is 0.0167. The fraction of sp³-hybridized carbons (Fsp3) is 0.235. The number of hydrogen-bond donors (Lipinski definition) is 2. The summed E-state index contributed by atoms with van der Waals surface area (Å²) in [5.74, 6) is -0.387. The van der Waals surface area contributed by atoms with Crippen LogP contribution in [0.1, 0.15) is 36.6 Å². The molecule has 0 amide bonds. The van der Waals surface area contributed by atoms with Gasteiger partial charge in [-0.05, 0) is 30.7 Å². The molecule has 0 radical (unpaired) electrons. The molecule has 120 valence electrons. The lowest BCUT2D eigenvalue weighted by atomic mass is 9.98. The molecule has 0 aliphatic heterocycles. The van der Waals surface area contributed by atoms with Gasteiger partial charge in [0.1, 0.15) is 17.3 Å². The summed E-state index contributed by atoms with van der Waals surface area (Å²) >= 11 is 5.71. The summed E-state index contributed by atoms with van der Waals surface area (Å²) in [5.41, 5.74) is 1.20. The zero-order valence-corrected chi connectivity index (χ0v) is 13.6. The lowest BCUT2D eigenvalue weighted by molar-refractivity contribution is 0.0923. The first-order valence-electron chi connectivity index (χ1n) is 7.24. The lowest BCUT2D eigenvalue weighted by Crippen LogP contribution is -2.12. The van der Waals surface area contributed by atoms with Gasteiger partial charge in [0, 0.05) is 17.7 Å². The number of allylic oxidation sites excluding steroid dienone is 1. The van der Waals surface area contributed by atoms with Crippen LogP contribution in [-0.4, -0.2) is 22.0 Å². The summed E-state index contributed by atoms with van der Waals surface area (Å²) in [5, 5.41) is 7.04. The van der Waals surface area contributed by atoms with E-state index in [9.17, 15) is 9.18 Å². The number of imidazole rings is 1. The molecule has 2 rings (SSSR count). The number of carbonyl (C=O) groups is 1. The molecule has 0 saturated carbocycles. The Bertz CT molecular complexity index is 767. The number of H-pyrrole nitrogens is 1. The molecule has 1 atom stereocenters. The van der Waals surface area contributed by atoms with Crippen molar-refractivity contribution >= 4 is 29.7 Å². The Kier molecular flexibility index (Phi) is 5.45. The summed E-state index contributed by atoms with van der Waals surface area (Å²) < 4.78 is 13.7. The second kappa shape index (κ2) is 7.33. The summed E-state index contributed by atoms with van der Waals surface area (Å²) in [6.45, 7) is 3.76. The predicted octanol–water partition coefficient (Wildman–Crippen LogP) is 4.76. The van der Waals surface area contributed by atoms with E-state index in [1.807, 2.05) is 13.8 Å². The number of nitrogens with zero attached hydrogens (tertiary/aromatic N) is 1. The number of rotatable bonds is 6. The van der Waals surface area contributed by atoms with E-state index < -0.39 is 5.82 Å². The molecule has 0 fully saturated rings. The quantitative estimate of drug-likeness (QED) is 0.591. The number of aromatic nitrogens is 2. The molecule has 0 bridgehead atoms. The maximum atomic E-state index is 13.7. The van der Waals surface area contributed by atoms with E-state index in [0.29, 0.717) is 29.2 Å². The van der Waals surface area contributed by atoms with E-state index in [0.717, 1.165) is 6.21 Å². The minimum atomic E-state index is -0.564. The van der Waals surface area contributed by atoms with Gasteiger partial charge in [-0.15, -0.1) is 0 Å². The van der Waals surface area contributed by atoms with Crippen molar-refractivity contribution in [2.75, 3.05) is 0 Å². The molecular formula is C17H17ClFN3O. The van der Waals surface area contributed by atoms with Crippen molar-refractivity contribution in [3.63, 3.8) is 0 Å². The number of nitrogens with one attached hydrogen (secondary N) is 2. The molecule has 23 heavy (non-hydrogen) atoms. The van der Waals surface area contributed by atoms with Crippen molar-refractivity contribution in [1.29, 1.82) is 5.41 Å². The first-order valence-corrected chi connectivity index (χ1v) is 7.62. The molecule has 2 N–H and O–H groups in total. The maximum Gasteiger partial charge on any atom is 0.184 e. The van der Waals surface area contributed by atoms with Crippen molar-refractivity contribution in [3.05, 3.63) is 46.6 Å². The fourth-order valence-electron chi connectivity index (χ4n) is 2.07. The van der Waals surface area contributed by atoms with Gasteiger partial charge in [0.05, 0.1) is 10.7 Å². The molecule has 0 saturated heterocycles. The monoisotopic (exact) mass is 333 g/mol. The van der Waals surface area contributed by atoms with E-state index in [1.54, 1.807) is 12.1 Å². The van der Waals surface area contributed by atoms with E-state index in [1.165, 1.54) is 18.2 Å². The Morgan fingerprint density at radius 2 is 2.26 bits per heavy atom. The maximum absolute atomic E-state index is 13.7. The Labute approximate surface area is 138 Å². The Morgan fingerprint density at radius 1 is 1.52 bits per heavy atom. The van der Waals surface area contributed by atoms with Gasteiger partial charge in [0.15, 0.2) is 5.78 Å². The Balaban J connectivity index is 2.57. The van der Waals surface area contributed by atoms with Crippen LogP contribution in [0.2, 0.25) is 5.02 Å². The van der Waals surface area contributed by atoms with Gasteiger partial charge in [-0.3, -0.25) is 4.79 Å². The third kappa shape index (κ3) is 3.74. The highest BCUT2D eigenvalue weighted by Gasteiger charge is 2.22. The molecule has 0 spiro atoms. The highest BCUT2D eigenvalue weighted by Crippen LogP contribution is 2.28. The number of Topliss-reactive ketones (excluding diaryl/α,β-unsaturated/α-hetero) is 1. The molecular weight excluding hydrogens is 317 g/mol. The van der Waals surface area contributed by atoms with Gasteiger partial charge >= 0.3 is 0 Å². The highest BCUT2D eigenvalue weighted by atomic mass is 35.5. The van der Waals surface area contributed by atoms with Crippen LogP contribution in [0.5, 0.6) is 0 Å². The first-order chi connectivity index (χ1) is 11.0. The van der Waals surface area contributed by atoms with Gasteiger partial charge in [-0.2, -0.15) is 0 Å². The number of ketones is 1. The van der Waals surface area contributed by atoms with E-state index in [4.69, 9.17) is 17.0 Å². The predicted molar refractivity (Wildman–Crippen MR) is 90.6 cm³/mol. The van der Waals surface area contributed by atoms with Crippen LogP contribution in [0, 0.1) is 17.1 Å². The molecule has 1 aromatic carbocycles. The SMILES string of the molecule is CCC(C)C(=O)c1[nH]c(/C=C\C=N)nc1-c1ccc(Cl)c(F)c1. The standard InChI is InChI=1S/C17H17ClFN3O/c1-3-10(2)17(23)16-15(21-14(22-16)5-4-8-20)11-6-7-12(18)13(19)9-11/h4-10,20H,3H2,1-2H3,(H,21,22)/b5-4-,20-8?. The molecule has 1 aromatic heterocycles. The zero-order valence-electron chi connectivity index (χ0n) is 12.9. The normalized spacial score (nSPS) is 12.5. The van der Waals surface area contributed by atoms with Crippen molar-refractivity contribution < 1.29 is 9.18 Å². The number of carbonyl (C=O) groups excluding carboxylic acids is 1. The van der Waals surface area contributed by atoms with Crippen LogP contribution >= 0.6 is 11.6 Å². The summed E-state index contributed by atoms with van der Waals surface area (Å²) in [6, 6.07) is 4.32. The van der Waals surface area contributed by atoms with Crippen molar-refractivity contribution in [2.45, 2.75) is 20.3 Å². The van der Waals surface area contributed by atoms with Gasteiger partial charge in [-0.1, -0.05) is 31.5 Å². The lowest BCUT2D eigenvalue weighted by Gasteiger charge is -2.07. The third-order valence-corrected chi connectivity index (χ3v) is 3.88. The Hall–Kier alpha value is -2.27. The van der Waals surface area contributed by atoms with E-state index >= 15 is 0 Å². The molecule has 0 aliphatic carbocycles. The summed E-state index contributed by atoms with van der Waals surface area (Å²) in [7, 11) is 0. The third-order valence-electron chi connectivity index (χ3n) is 3.57.